The fourth-order valence-corrected chi connectivity index (χ4v) is 2.57. The van der Waals surface area contributed by atoms with E-state index in [1.54, 1.807) is 0 Å². The summed E-state index contributed by atoms with van der Waals surface area (Å²) in [5.41, 5.74) is 0. The highest BCUT2D eigenvalue weighted by atomic mass is 19.3. The van der Waals surface area contributed by atoms with Crippen LogP contribution in [-0.2, 0) is 0 Å². The molecule has 0 amide bonds. The van der Waals surface area contributed by atoms with Crippen LogP contribution < -0.4 is 5.32 Å². The van der Waals surface area contributed by atoms with Crippen LogP contribution >= 0.6 is 0 Å². The second kappa shape index (κ2) is 3.74. The Balaban J connectivity index is 1.99. The van der Waals surface area contributed by atoms with Crippen molar-refractivity contribution in [1.82, 2.24) is 10.2 Å². The molecule has 2 fully saturated rings. The van der Waals surface area contributed by atoms with Crippen molar-refractivity contribution in [3.8, 4) is 0 Å². The summed E-state index contributed by atoms with van der Waals surface area (Å²) >= 11 is 0. The Morgan fingerprint density at radius 2 is 2.07 bits per heavy atom. The van der Waals surface area contributed by atoms with E-state index in [1.165, 1.54) is 0 Å². The molecule has 2 aliphatic heterocycles. The first kappa shape index (κ1) is 10.3. The number of likely N-dealkylation sites (tertiary alicyclic amines) is 1. The highest BCUT2D eigenvalue weighted by molar-refractivity contribution is 4.92. The normalized spacial score (nSPS) is 35.4. The van der Waals surface area contributed by atoms with Gasteiger partial charge in [-0.1, -0.05) is 0 Å². The van der Waals surface area contributed by atoms with Crippen molar-refractivity contribution in [2.75, 3.05) is 33.2 Å². The Morgan fingerprint density at radius 1 is 1.29 bits per heavy atom. The predicted molar refractivity (Wildman–Crippen MR) is 51.5 cm³/mol. The molecule has 2 nitrogen and oxygen atoms in total. The first-order valence-electron chi connectivity index (χ1n) is 5.38. The molecule has 0 aromatic heterocycles. The van der Waals surface area contributed by atoms with Crippen LogP contribution in [0.2, 0.25) is 0 Å². The molecule has 4 heteroatoms. The van der Waals surface area contributed by atoms with E-state index in [9.17, 15) is 8.78 Å². The van der Waals surface area contributed by atoms with Gasteiger partial charge in [-0.3, -0.25) is 0 Å². The summed E-state index contributed by atoms with van der Waals surface area (Å²) in [6.45, 7) is 2.62. The molecule has 2 saturated heterocycles. The van der Waals surface area contributed by atoms with Gasteiger partial charge in [0.15, 0.2) is 0 Å². The van der Waals surface area contributed by atoms with E-state index in [0.29, 0.717) is 25.9 Å². The molecule has 82 valence electrons. The summed E-state index contributed by atoms with van der Waals surface area (Å²) in [5, 5.41) is 3.02. The number of hydrogen-bond acceptors (Lipinski definition) is 2. The van der Waals surface area contributed by atoms with E-state index in [1.807, 2.05) is 11.9 Å². The number of nitrogens with one attached hydrogen (secondary N) is 1. The molecule has 0 aromatic carbocycles. The van der Waals surface area contributed by atoms with Gasteiger partial charge in [-0.2, -0.15) is 0 Å². The summed E-state index contributed by atoms with van der Waals surface area (Å²) in [5.74, 6) is -3.31. The smallest absolute Gasteiger partial charge is 0.256 e. The molecule has 0 saturated carbocycles. The fraction of sp³-hybridized carbons (Fsp3) is 1.00. The van der Waals surface area contributed by atoms with E-state index < -0.39 is 17.8 Å². The van der Waals surface area contributed by atoms with Gasteiger partial charge >= 0.3 is 0 Å². The molecule has 0 radical (unpaired) electrons. The van der Waals surface area contributed by atoms with Crippen molar-refractivity contribution in [3.05, 3.63) is 0 Å². The van der Waals surface area contributed by atoms with Crippen molar-refractivity contribution < 1.29 is 8.78 Å². The number of nitrogens with zero attached hydrogens (tertiary/aromatic N) is 1. The lowest BCUT2D eigenvalue weighted by Crippen LogP contribution is -2.39. The van der Waals surface area contributed by atoms with Crippen molar-refractivity contribution in [3.63, 3.8) is 0 Å². The maximum absolute atomic E-state index is 13.9. The minimum Gasteiger partial charge on any atom is -0.316 e. The maximum atomic E-state index is 13.9. The molecular weight excluding hydrogens is 186 g/mol. The lowest BCUT2D eigenvalue weighted by molar-refractivity contribution is -0.0982. The minimum absolute atomic E-state index is 0.419. The highest BCUT2D eigenvalue weighted by Crippen LogP contribution is 2.40. The van der Waals surface area contributed by atoms with Crippen molar-refractivity contribution in [2.45, 2.75) is 18.8 Å². The van der Waals surface area contributed by atoms with Crippen LogP contribution in [0.3, 0.4) is 0 Å². The minimum atomic E-state index is -2.46. The maximum Gasteiger partial charge on any atom is 0.256 e. The van der Waals surface area contributed by atoms with Crippen molar-refractivity contribution in [2.24, 2.45) is 11.8 Å². The van der Waals surface area contributed by atoms with Gasteiger partial charge in [0, 0.05) is 24.9 Å². The van der Waals surface area contributed by atoms with Gasteiger partial charge in [-0.05, 0) is 33.0 Å². The Bertz CT molecular complexity index is 202. The Hall–Kier alpha value is -0.220. The molecule has 2 unspecified atom stereocenters. The summed E-state index contributed by atoms with van der Waals surface area (Å²) in [7, 11) is 1.92. The lowest BCUT2D eigenvalue weighted by Gasteiger charge is -2.28. The number of hydrogen-bond donors (Lipinski definition) is 1. The molecule has 2 atom stereocenters. The quantitative estimate of drug-likeness (QED) is 0.726. The molecular formula is C10H18F2N2. The topological polar surface area (TPSA) is 15.3 Å². The van der Waals surface area contributed by atoms with Crippen LogP contribution in [0.15, 0.2) is 0 Å². The fourth-order valence-electron chi connectivity index (χ4n) is 2.57. The van der Waals surface area contributed by atoms with Gasteiger partial charge in [0.1, 0.15) is 0 Å². The Kier molecular flexibility index (Phi) is 2.75. The van der Waals surface area contributed by atoms with E-state index in [-0.39, 0.29) is 0 Å². The van der Waals surface area contributed by atoms with Gasteiger partial charge in [-0.15, -0.1) is 0 Å². The molecule has 0 bridgehead atoms. The largest absolute Gasteiger partial charge is 0.316 e. The van der Waals surface area contributed by atoms with Crippen molar-refractivity contribution >= 4 is 0 Å². The van der Waals surface area contributed by atoms with Gasteiger partial charge < -0.3 is 10.2 Å². The summed E-state index contributed by atoms with van der Waals surface area (Å²) < 4.78 is 27.9. The third-order valence-corrected chi connectivity index (χ3v) is 3.54. The SMILES string of the molecule is CN1CCC(C(F)(F)C2CCNC2)C1. The zero-order chi connectivity index (χ0) is 10.2. The first-order chi connectivity index (χ1) is 6.60. The van der Waals surface area contributed by atoms with Crippen LogP contribution in [0, 0.1) is 11.8 Å². The van der Waals surface area contributed by atoms with Gasteiger partial charge in [0.25, 0.3) is 5.92 Å². The highest BCUT2D eigenvalue weighted by Gasteiger charge is 2.49. The zero-order valence-corrected chi connectivity index (χ0v) is 8.60. The molecule has 14 heavy (non-hydrogen) atoms. The standard InChI is InChI=1S/C10H18F2N2/c1-14-5-3-9(7-14)10(11,12)8-2-4-13-6-8/h8-9,13H,2-7H2,1H3. The van der Waals surface area contributed by atoms with Gasteiger partial charge in [0.2, 0.25) is 0 Å². The molecule has 2 heterocycles. The first-order valence-corrected chi connectivity index (χ1v) is 5.38. The van der Waals surface area contributed by atoms with Crippen LogP contribution in [0.1, 0.15) is 12.8 Å². The summed E-state index contributed by atoms with van der Waals surface area (Å²) in [6, 6.07) is 0. The Morgan fingerprint density at radius 3 is 2.57 bits per heavy atom. The van der Waals surface area contributed by atoms with E-state index in [4.69, 9.17) is 0 Å². The predicted octanol–water partition coefficient (Wildman–Crippen LogP) is 1.18. The molecule has 0 spiro atoms. The average Bonchev–Trinajstić information content (AvgIpc) is 2.72. The monoisotopic (exact) mass is 204 g/mol. The number of halogens is 2. The van der Waals surface area contributed by atoms with E-state index >= 15 is 0 Å². The van der Waals surface area contributed by atoms with Gasteiger partial charge in [-0.25, -0.2) is 8.78 Å². The van der Waals surface area contributed by atoms with Crippen LogP contribution in [0.4, 0.5) is 8.78 Å². The summed E-state index contributed by atoms with van der Waals surface area (Å²) in [6.07, 6.45) is 1.28. The third-order valence-electron chi connectivity index (χ3n) is 3.54. The molecule has 1 N–H and O–H groups in total. The second-order valence-electron chi connectivity index (χ2n) is 4.61. The zero-order valence-electron chi connectivity index (χ0n) is 8.60. The molecule has 0 aliphatic carbocycles. The number of rotatable bonds is 2. The third kappa shape index (κ3) is 1.77. The number of alkyl halides is 2. The lowest BCUT2D eigenvalue weighted by atomic mass is 9.88. The van der Waals surface area contributed by atoms with E-state index in [2.05, 4.69) is 5.32 Å². The van der Waals surface area contributed by atoms with Crippen molar-refractivity contribution in [1.29, 1.82) is 0 Å². The molecule has 2 aliphatic rings. The molecule has 2 rings (SSSR count). The van der Waals surface area contributed by atoms with Gasteiger partial charge in [0.05, 0.1) is 0 Å². The Labute approximate surface area is 83.7 Å². The van der Waals surface area contributed by atoms with Crippen LogP contribution in [0.5, 0.6) is 0 Å². The van der Waals surface area contributed by atoms with E-state index in [0.717, 1.165) is 13.1 Å². The molecule has 0 aromatic rings. The summed E-state index contributed by atoms with van der Waals surface area (Å²) in [4.78, 5) is 2.00. The second-order valence-corrected chi connectivity index (χ2v) is 4.61. The van der Waals surface area contributed by atoms with Crippen LogP contribution in [-0.4, -0.2) is 44.0 Å². The average molecular weight is 204 g/mol. The van der Waals surface area contributed by atoms with Crippen LogP contribution in [0.25, 0.3) is 0 Å².